The molecule has 0 bridgehead atoms. The van der Waals surface area contributed by atoms with Gasteiger partial charge in [-0.2, -0.15) is 0 Å². The summed E-state index contributed by atoms with van der Waals surface area (Å²) in [5, 5.41) is 8.45. The first-order valence-corrected chi connectivity index (χ1v) is 6.64. The number of carboxylic acid groups (broad SMARTS) is 1. The average molecular weight is 366 g/mol. The van der Waals surface area contributed by atoms with Crippen molar-refractivity contribution in [2.75, 3.05) is 0 Å². The standard InChI is InChI=1S/C14H26O2.Ba.2H/c1-2-3-4-5-6-7-8-9-10-11-12-13-14(15)16;;;/h5-6H,2-4,7-13H2,1H3,(H,15,16);;;/q;+2;2*-1/b6-5-;;;. The quantitative estimate of drug-likeness (QED) is 0.335. The molecule has 98 valence electrons. The maximum atomic E-state index is 10.3. The number of carbonyl (C=O) groups is 1. The second kappa shape index (κ2) is 16.8. The second-order valence-corrected chi connectivity index (χ2v) is 4.31. The maximum absolute atomic E-state index is 10.3. The molecule has 0 saturated heterocycles. The van der Waals surface area contributed by atoms with E-state index in [1.54, 1.807) is 0 Å². The smallest absolute Gasteiger partial charge is 1.00 e. The van der Waals surface area contributed by atoms with Crippen molar-refractivity contribution in [1.29, 1.82) is 0 Å². The summed E-state index contributed by atoms with van der Waals surface area (Å²) in [6.07, 6.45) is 15.4. The molecular weight excluding hydrogens is 337 g/mol. The second-order valence-electron chi connectivity index (χ2n) is 4.31. The van der Waals surface area contributed by atoms with Gasteiger partial charge in [-0.15, -0.1) is 0 Å². The van der Waals surface area contributed by atoms with Gasteiger partial charge in [0.05, 0.1) is 0 Å². The molecule has 0 radical (unpaired) electrons. The van der Waals surface area contributed by atoms with Gasteiger partial charge in [-0.3, -0.25) is 4.79 Å². The summed E-state index contributed by atoms with van der Waals surface area (Å²) < 4.78 is 0. The monoisotopic (exact) mass is 366 g/mol. The first-order chi connectivity index (χ1) is 7.77. The molecular formula is C14H28BaO2. The summed E-state index contributed by atoms with van der Waals surface area (Å²) in [5.74, 6) is -0.668. The molecule has 2 nitrogen and oxygen atoms in total. The number of carboxylic acids is 1. The minimum atomic E-state index is -0.668. The van der Waals surface area contributed by atoms with Crippen LogP contribution in [0.5, 0.6) is 0 Å². The fraction of sp³-hybridized carbons (Fsp3) is 0.786. The van der Waals surface area contributed by atoms with Crippen molar-refractivity contribution >= 4 is 54.9 Å². The summed E-state index contributed by atoms with van der Waals surface area (Å²) in [5.41, 5.74) is 0. The van der Waals surface area contributed by atoms with Crippen LogP contribution in [0.1, 0.15) is 74.0 Å². The first-order valence-electron chi connectivity index (χ1n) is 6.64. The van der Waals surface area contributed by atoms with E-state index >= 15 is 0 Å². The Morgan fingerprint density at radius 1 is 1.00 bits per heavy atom. The molecule has 0 heterocycles. The molecule has 0 fully saturated rings. The Morgan fingerprint density at radius 2 is 1.53 bits per heavy atom. The van der Waals surface area contributed by atoms with Crippen LogP contribution in [0.4, 0.5) is 0 Å². The van der Waals surface area contributed by atoms with Crippen LogP contribution in [0.2, 0.25) is 0 Å². The van der Waals surface area contributed by atoms with E-state index in [0.717, 1.165) is 12.8 Å². The van der Waals surface area contributed by atoms with Gasteiger partial charge in [0.1, 0.15) is 0 Å². The Balaban J connectivity index is -0.000000375. The molecule has 0 aliphatic rings. The van der Waals surface area contributed by atoms with Gasteiger partial charge in [-0.1, -0.05) is 51.2 Å². The third-order valence-electron chi connectivity index (χ3n) is 2.65. The molecule has 3 heteroatoms. The van der Waals surface area contributed by atoms with E-state index < -0.39 is 5.97 Å². The van der Waals surface area contributed by atoms with Gasteiger partial charge in [-0.05, 0) is 25.7 Å². The summed E-state index contributed by atoms with van der Waals surface area (Å²) >= 11 is 0. The van der Waals surface area contributed by atoms with Gasteiger partial charge < -0.3 is 7.96 Å². The van der Waals surface area contributed by atoms with E-state index in [1.807, 2.05) is 0 Å². The topological polar surface area (TPSA) is 37.3 Å². The summed E-state index contributed by atoms with van der Waals surface area (Å²) in [7, 11) is 0. The number of aliphatic carboxylic acids is 1. The van der Waals surface area contributed by atoms with E-state index in [2.05, 4.69) is 19.1 Å². The average Bonchev–Trinajstić information content (AvgIpc) is 2.25. The molecule has 0 unspecified atom stereocenters. The SMILES string of the molecule is CCCC/C=C\CCCCCCCC(=O)O.[Ba+2].[H-].[H-]. The third-order valence-corrected chi connectivity index (χ3v) is 2.65. The van der Waals surface area contributed by atoms with E-state index in [0.29, 0.717) is 6.42 Å². The third kappa shape index (κ3) is 19.3. The maximum Gasteiger partial charge on any atom is 2.00 e. The fourth-order valence-electron chi connectivity index (χ4n) is 1.63. The predicted molar refractivity (Wildman–Crippen MR) is 76.6 cm³/mol. The zero-order valence-corrected chi connectivity index (χ0v) is 15.7. The zero-order chi connectivity index (χ0) is 12.1. The number of hydrogen-bond donors (Lipinski definition) is 1. The van der Waals surface area contributed by atoms with Crippen molar-refractivity contribution in [2.45, 2.75) is 71.1 Å². The molecule has 0 aromatic carbocycles. The molecule has 17 heavy (non-hydrogen) atoms. The van der Waals surface area contributed by atoms with Crippen LogP contribution in [0, 0.1) is 0 Å². The fourth-order valence-corrected chi connectivity index (χ4v) is 1.63. The van der Waals surface area contributed by atoms with Gasteiger partial charge in [0.2, 0.25) is 0 Å². The van der Waals surface area contributed by atoms with Crippen molar-refractivity contribution in [2.24, 2.45) is 0 Å². The summed E-state index contributed by atoms with van der Waals surface area (Å²) in [4.78, 5) is 10.3. The Bertz CT molecular complexity index is 200. The van der Waals surface area contributed by atoms with Crippen molar-refractivity contribution in [1.82, 2.24) is 0 Å². The Hall–Kier alpha value is 0.781. The summed E-state index contributed by atoms with van der Waals surface area (Å²) in [6.45, 7) is 2.21. The number of unbranched alkanes of at least 4 members (excludes halogenated alkanes) is 7. The van der Waals surface area contributed by atoms with Gasteiger partial charge in [0.15, 0.2) is 0 Å². The van der Waals surface area contributed by atoms with Crippen molar-refractivity contribution in [3.63, 3.8) is 0 Å². The summed E-state index contributed by atoms with van der Waals surface area (Å²) in [6, 6.07) is 0. The van der Waals surface area contributed by atoms with Gasteiger partial charge in [0.25, 0.3) is 0 Å². The normalized spacial score (nSPS) is 10.4. The van der Waals surface area contributed by atoms with E-state index in [1.165, 1.54) is 44.9 Å². The number of allylic oxidation sites excluding steroid dienone is 2. The Morgan fingerprint density at radius 3 is 2.12 bits per heavy atom. The molecule has 0 spiro atoms. The van der Waals surface area contributed by atoms with E-state index in [9.17, 15) is 4.79 Å². The van der Waals surface area contributed by atoms with Crippen LogP contribution >= 0.6 is 0 Å². The molecule has 0 rings (SSSR count). The van der Waals surface area contributed by atoms with Crippen molar-refractivity contribution in [3.05, 3.63) is 12.2 Å². The Labute approximate surface area is 149 Å². The van der Waals surface area contributed by atoms with Gasteiger partial charge in [-0.25, -0.2) is 0 Å². The van der Waals surface area contributed by atoms with E-state index in [4.69, 9.17) is 5.11 Å². The predicted octanol–water partition coefficient (Wildman–Crippen LogP) is 4.39. The molecule has 0 atom stereocenters. The molecule has 0 aromatic rings. The van der Waals surface area contributed by atoms with E-state index in [-0.39, 0.29) is 51.7 Å². The van der Waals surface area contributed by atoms with Crippen molar-refractivity contribution in [3.8, 4) is 0 Å². The number of rotatable bonds is 11. The molecule has 0 saturated carbocycles. The zero-order valence-electron chi connectivity index (χ0n) is 13.3. The molecule has 0 aliphatic carbocycles. The largest absolute Gasteiger partial charge is 2.00 e. The molecule has 0 aromatic heterocycles. The van der Waals surface area contributed by atoms with Crippen LogP contribution in [0.15, 0.2) is 12.2 Å². The Kier molecular flexibility index (Phi) is 19.8. The minimum Gasteiger partial charge on any atom is -1.00 e. The van der Waals surface area contributed by atoms with Gasteiger partial charge in [0, 0.05) is 6.42 Å². The van der Waals surface area contributed by atoms with Crippen LogP contribution < -0.4 is 0 Å². The van der Waals surface area contributed by atoms with Gasteiger partial charge >= 0.3 is 54.9 Å². The van der Waals surface area contributed by atoms with Crippen LogP contribution in [0.3, 0.4) is 0 Å². The van der Waals surface area contributed by atoms with Crippen LogP contribution in [-0.2, 0) is 4.79 Å². The molecule has 1 N–H and O–H groups in total. The minimum absolute atomic E-state index is 0. The molecule has 0 aliphatic heterocycles. The number of hydrogen-bond acceptors (Lipinski definition) is 1. The molecule has 0 amide bonds. The van der Waals surface area contributed by atoms with Crippen LogP contribution in [0.25, 0.3) is 0 Å². The van der Waals surface area contributed by atoms with Crippen molar-refractivity contribution < 1.29 is 12.8 Å². The van der Waals surface area contributed by atoms with Crippen LogP contribution in [-0.4, -0.2) is 60.0 Å². The first kappa shape index (κ1) is 20.1.